The van der Waals surface area contributed by atoms with Gasteiger partial charge < -0.3 is 15.2 Å². The number of nitrogens with zero attached hydrogens (tertiary/aromatic N) is 3. The maximum atomic E-state index is 13.3. The van der Waals surface area contributed by atoms with Gasteiger partial charge in [-0.2, -0.15) is 5.10 Å². The number of rotatable bonds is 7. The van der Waals surface area contributed by atoms with E-state index in [0.29, 0.717) is 22.8 Å². The second-order valence-corrected chi connectivity index (χ2v) is 6.50. The Morgan fingerprint density at radius 3 is 2.77 bits per heavy atom. The summed E-state index contributed by atoms with van der Waals surface area (Å²) < 4.78 is 20.6. The van der Waals surface area contributed by atoms with Crippen molar-refractivity contribution in [2.24, 2.45) is 0 Å². The van der Waals surface area contributed by atoms with E-state index in [1.54, 1.807) is 41.2 Å². The fraction of sp³-hybridized carbons (Fsp3) is 0.136. The zero-order chi connectivity index (χ0) is 20.9. The maximum absolute atomic E-state index is 13.3. The molecule has 2 aromatic heterocycles. The van der Waals surface area contributed by atoms with Crippen molar-refractivity contribution in [1.29, 1.82) is 0 Å². The molecule has 0 bridgehead atoms. The molecule has 30 heavy (non-hydrogen) atoms. The molecule has 4 rings (SSSR count). The van der Waals surface area contributed by atoms with E-state index in [0.717, 1.165) is 10.9 Å². The Kier molecular flexibility index (Phi) is 5.67. The van der Waals surface area contributed by atoms with Crippen molar-refractivity contribution in [3.05, 3.63) is 72.7 Å². The molecule has 0 radical (unpaired) electrons. The number of hydrogen-bond acceptors (Lipinski definition) is 5. The lowest BCUT2D eigenvalue weighted by molar-refractivity contribution is -0.123. The minimum Gasteiger partial charge on any atom is -0.484 e. The summed E-state index contributed by atoms with van der Waals surface area (Å²) in [4.78, 5) is 16.1. The minimum absolute atomic E-state index is 0.128. The molecular formula is C22H19FN4O3. The summed E-state index contributed by atoms with van der Waals surface area (Å²) in [6, 6.07) is 17.0. The highest BCUT2D eigenvalue weighted by Crippen LogP contribution is 2.29. The molecule has 0 saturated carbocycles. The Hall–Kier alpha value is -3.78. The number of carbonyl (C=O) groups is 1. The van der Waals surface area contributed by atoms with Crippen molar-refractivity contribution in [3.63, 3.8) is 0 Å². The van der Waals surface area contributed by atoms with Crippen LogP contribution in [0.4, 0.5) is 4.39 Å². The van der Waals surface area contributed by atoms with E-state index in [2.05, 4.69) is 10.3 Å². The minimum atomic E-state index is -0.320. The van der Waals surface area contributed by atoms with E-state index >= 15 is 0 Å². The van der Waals surface area contributed by atoms with Crippen LogP contribution in [0.5, 0.6) is 5.75 Å². The van der Waals surface area contributed by atoms with E-state index in [-0.39, 0.29) is 31.5 Å². The van der Waals surface area contributed by atoms with Crippen LogP contribution in [0.1, 0.15) is 0 Å². The molecule has 152 valence electrons. The zero-order valence-corrected chi connectivity index (χ0v) is 16.0. The average molecular weight is 406 g/mol. The third-order valence-corrected chi connectivity index (χ3v) is 4.43. The summed E-state index contributed by atoms with van der Waals surface area (Å²) in [5.41, 5.74) is 2.82. The van der Waals surface area contributed by atoms with Crippen molar-refractivity contribution in [2.45, 2.75) is 0 Å². The van der Waals surface area contributed by atoms with Gasteiger partial charge in [-0.25, -0.2) is 14.1 Å². The summed E-state index contributed by atoms with van der Waals surface area (Å²) in [5.74, 6) is -0.137. The summed E-state index contributed by atoms with van der Waals surface area (Å²) in [5, 5.41) is 16.8. The number of aromatic nitrogens is 3. The summed E-state index contributed by atoms with van der Waals surface area (Å²) in [7, 11) is 0. The molecule has 4 aromatic rings. The number of amides is 1. The third kappa shape index (κ3) is 4.13. The van der Waals surface area contributed by atoms with E-state index in [4.69, 9.17) is 14.9 Å². The molecule has 0 aliphatic rings. The van der Waals surface area contributed by atoms with Crippen LogP contribution >= 0.6 is 0 Å². The largest absolute Gasteiger partial charge is 0.484 e. The smallest absolute Gasteiger partial charge is 0.258 e. The van der Waals surface area contributed by atoms with Gasteiger partial charge in [0.1, 0.15) is 17.3 Å². The Balaban J connectivity index is 1.67. The van der Waals surface area contributed by atoms with Crippen LogP contribution in [0.15, 0.2) is 66.9 Å². The molecule has 7 nitrogen and oxygen atoms in total. The molecule has 0 unspecified atom stereocenters. The predicted molar refractivity (Wildman–Crippen MR) is 110 cm³/mol. The molecule has 0 fully saturated rings. The Labute approximate surface area is 171 Å². The zero-order valence-electron chi connectivity index (χ0n) is 16.0. The molecule has 2 N–H and O–H groups in total. The molecule has 1 amide bonds. The molecule has 0 atom stereocenters. The third-order valence-electron chi connectivity index (χ3n) is 4.43. The highest BCUT2D eigenvalue weighted by Gasteiger charge is 2.15. The second-order valence-electron chi connectivity index (χ2n) is 6.50. The van der Waals surface area contributed by atoms with Gasteiger partial charge in [-0.3, -0.25) is 4.79 Å². The first-order chi connectivity index (χ1) is 14.7. The Morgan fingerprint density at radius 1 is 1.13 bits per heavy atom. The number of hydrogen-bond donors (Lipinski definition) is 2. The fourth-order valence-electron chi connectivity index (χ4n) is 3.05. The van der Waals surface area contributed by atoms with Gasteiger partial charge in [0.2, 0.25) is 0 Å². The molecule has 8 heteroatoms. The first-order valence-corrected chi connectivity index (χ1v) is 9.36. The van der Waals surface area contributed by atoms with Crippen molar-refractivity contribution in [3.8, 4) is 22.7 Å². The second kappa shape index (κ2) is 8.71. The lowest BCUT2D eigenvalue weighted by Crippen LogP contribution is -2.31. The van der Waals surface area contributed by atoms with Crippen molar-refractivity contribution in [1.82, 2.24) is 20.1 Å². The van der Waals surface area contributed by atoms with Crippen LogP contribution in [-0.4, -0.2) is 45.5 Å². The van der Waals surface area contributed by atoms with Gasteiger partial charge in [0, 0.05) is 29.8 Å². The monoisotopic (exact) mass is 406 g/mol. The number of ether oxygens (including phenoxy) is 1. The van der Waals surface area contributed by atoms with Crippen molar-refractivity contribution >= 4 is 16.9 Å². The molecule has 2 heterocycles. The predicted octanol–water partition coefficient (Wildman–Crippen LogP) is 2.71. The topological polar surface area (TPSA) is 89.3 Å². The number of aliphatic hydroxyl groups is 1. The maximum Gasteiger partial charge on any atom is 0.258 e. The summed E-state index contributed by atoms with van der Waals surface area (Å²) in [6.07, 6.45) is 1.68. The van der Waals surface area contributed by atoms with Gasteiger partial charge in [-0.05, 0) is 48.5 Å². The number of nitrogens with one attached hydrogen (secondary N) is 1. The lowest BCUT2D eigenvalue weighted by Gasteiger charge is -2.09. The molecule has 0 aliphatic heterocycles. The van der Waals surface area contributed by atoms with Gasteiger partial charge in [0.15, 0.2) is 12.3 Å². The summed E-state index contributed by atoms with van der Waals surface area (Å²) in [6.45, 7) is -0.112. The van der Waals surface area contributed by atoms with Crippen LogP contribution in [0.3, 0.4) is 0 Å². The van der Waals surface area contributed by atoms with Crippen LogP contribution in [0.2, 0.25) is 0 Å². The van der Waals surface area contributed by atoms with E-state index < -0.39 is 0 Å². The van der Waals surface area contributed by atoms with E-state index in [9.17, 15) is 9.18 Å². The van der Waals surface area contributed by atoms with Crippen molar-refractivity contribution < 1.29 is 19.0 Å². The summed E-state index contributed by atoms with van der Waals surface area (Å²) >= 11 is 0. The van der Waals surface area contributed by atoms with Crippen LogP contribution < -0.4 is 10.1 Å². The van der Waals surface area contributed by atoms with Gasteiger partial charge in [-0.15, -0.1) is 0 Å². The van der Waals surface area contributed by atoms with Crippen LogP contribution in [0, 0.1) is 5.82 Å². The first-order valence-electron chi connectivity index (χ1n) is 9.36. The Bertz CT molecular complexity index is 1170. The molecule has 0 spiro atoms. The molecule has 0 saturated heterocycles. The van der Waals surface area contributed by atoms with Gasteiger partial charge in [0.05, 0.1) is 12.3 Å². The highest BCUT2D eigenvalue weighted by atomic mass is 19.1. The number of aliphatic hydroxyl groups excluding tert-OH is 1. The van der Waals surface area contributed by atoms with E-state index in [1.165, 1.54) is 12.1 Å². The molecule has 2 aromatic carbocycles. The highest BCUT2D eigenvalue weighted by molar-refractivity contribution is 5.92. The fourth-order valence-corrected chi connectivity index (χ4v) is 3.05. The Morgan fingerprint density at radius 2 is 1.97 bits per heavy atom. The van der Waals surface area contributed by atoms with Gasteiger partial charge in [0.25, 0.3) is 5.91 Å². The van der Waals surface area contributed by atoms with Crippen molar-refractivity contribution in [2.75, 3.05) is 19.8 Å². The van der Waals surface area contributed by atoms with Crippen LogP contribution in [0.25, 0.3) is 28.0 Å². The number of carbonyl (C=O) groups excluding carboxylic acids is 1. The molecule has 0 aliphatic carbocycles. The standard InChI is InChI=1S/C22H19FN4O3/c23-16-8-6-15(7-9-16)21-19-5-2-10-25-22(19)27(26-21)17-3-1-4-18(13-17)30-14-20(29)24-11-12-28/h1-10,13,28H,11-12,14H2,(H,24,29). The lowest BCUT2D eigenvalue weighted by atomic mass is 10.1. The number of fused-ring (bicyclic) bond motifs is 1. The van der Waals surface area contributed by atoms with Gasteiger partial charge >= 0.3 is 0 Å². The quantitative estimate of drug-likeness (QED) is 0.493. The number of halogens is 1. The van der Waals surface area contributed by atoms with Gasteiger partial charge in [-0.1, -0.05) is 6.07 Å². The van der Waals surface area contributed by atoms with Crippen LogP contribution in [-0.2, 0) is 4.79 Å². The molecular weight excluding hydrogens is 387 g/mol. The number of benzene rings is 2. The number of pyridine rings is 1. The SMILES string of the molecule is O=C(COc1cccc(-n2nc(-c3ccc(F)cc3)c3cccnc32)c1)NCCO. The normalized spacial score (nSPS) is 10.9. The average Bonchev–Trinajstić information content (AvgIpc) is 3.17. The van der Waals surface area contributed by atoms with E-state index in [1.807, 2.05) is 18.2 Å². The first kappa shape index (κ1) is 19.5.